The number of aryl methyl sites for hydroxylation is 1. The van der Waals surface area contributed by atoms with Gasteiger partial charge in [0.25, 0.3) is 0 Å². The van der Waals surface area contributed by atoms with Crippen LogP contribution < -0.4 is 14.8 Å². The predicted molar refractivity (Wildman–Crippen MR) is 141 cm³/mol. The number of carbonyl (C=O) groups is 2. The molecule has 0 saturated carbocycles. The molecular weight excluding hydrogens is 508 g/mol. The maximum Gasteiger partial charge on any atom is 0.328 e. The predicted octanol–water partition coefficient (Wildman–Crippen LogP) is 4.61. The topological polar surface area (TPSA) is 122 Å². The minimum atomic E-state index is -1.41. The first-order valence-electron chi connectivity index (χ1n) is 12.2. The molecule has 1 aromatic carbocycles. The maximum absolute atomic E-state index is 12.8. The van der Waals surface area contributed by atoms with Crippen LogP contribution in [-0.4, -0.2) is 46.9 Å². The summed E-state index contributed by atoms with van der Waals surface area (Å²) < 4.78 is 21.4. The molecule has 4 heterocycles. The number of nitrogens with zero attached hydrogens (tertiary/aromatic N) is 3. The van der Waals surface area contributed by atoms with Gasteiger partial charge < -0.3 is 24.3 Å². The zero-order valence-electron chi connectivity index (χ0n) is 21.1. The third-order valence-corrected chi connectivity index (χ3v) is 6.87. The van der Waals surface area contributed by atoms with E-state index in [1.54, 1.807) is 20.0 Å². The largest absolute Gasteiger partial charge is 0.465 e. The summed E-state index contributed by atoms with van der Waals surface area (Å²) in [5.74, 6) is -1.11. The van der Waals surface area contributed by atoms with Gasteiger partial charge in [0.05, 0.1) is 30.8 Å². The van der Waals surface area contributed by atoms with Crippen molar-refractivity contribution in [2.24, 2.45) is 0 Å². The monoisotopic (exact) mass is 534 g/mol. The molecule has 1 N–H and O–H groups in total. The number of rotatable bonds is 9. The molecule has 0 spiro atoms. The summed E-state index contributed by atoms with van der Waals surface area (Å²) in [5, 5.41) is 4.11. The first kappa shape index (κ1) is 25.4. The Hall–Kier alpha value is -4.25. The lowest BCUT2D eigenvalue weighted by atomic mass is 10.0. The molecule has 3 aromatic heterocycles. The van der Waals surface area contributed by atoms with E-state index in [9.17, 15) is 9.59 Å². The van der Waals surface area contributed by atoms with Crippen molar-refractivity contribution in [2.45, 2.75) is 33.2 Å². The summed E-state index contributed by atoms with van der Waals surface area (Å²) >= 11 is 1.44. The quantitative estimate of drug-likeness (QED) is 0.241. The van der Waals surface area contributed by atoms with E-state index in [4.69, 9.17) is 23.9 Å². The van der Waals surface area contributed by atoms with Gasteiger partial charge in [-0.15, -0.1) is 11.3 Å². The van der Waals surface area contributed by atoms with Crippen LogP contribution in [0.25, 0.3) is 21.3 Å². The van der Waals surface area contributed by atoms with Crippen molar-refractivity contribution in [1.29, 1.82) is 0 Å². The highest BCUT2D eigenvalue weighted by Gasteiger charge is 2.36. The Labute approximate surface area is 222 Å². The first-order chi connectivity index (χ1) is 18.5. The molecule has 5 rings (SSSR count). The van der Waals surface area contributed by atoms with Gasteiger partial charge in [-0.25, -0.2) is 9.97 Å². The third-order valence-electron chi connectivity index (χ3n) is 5.87. The van der Waals surface area contributed by atoms with Crippen LogP contribution >= 0.6 is 11.3 Å². The second-order valence-electron chi connectivity index (χ2n) is 8.32. The van der Waals surface area contributed by atoms with E-state index in [0.717, 1.165) is 27.1 Å². The van der Waals surface area contributed by atoms with Crippen LogP contribution in [0.4, 0.5) is 5.82 Å². The standard InChI is InChI=1S/C27H26N4O6S/c1-4-34-26(32)22(27(33)35-5-2)24-30-23(29-13-17-8-6-7-11-28-17)21-20(15(3)38-25(21)31-24)16-9-10-18-19(12-16)37-14-36-18/h6-12,22H,4-5,13-14H2,1-3H3,(H,29,30,31). The Balaban J connectivity index is 1.66. The molecule has 0 radical (unpaired) electrons. The fourth-order valence-electron chi connectivity index (χ4n) is 4.22. The van der Waals surface area contributed by atoms with Crippen LogP contribution in [0.2, 0.25) is 0 Å². The van der Waals surface area contributed by atoms with Crippen LogP contribution in [0.1, 0.15) is 36.2 Å². The van der Waals surface area contributed by atoms with Crippen LogP contribution in [0.15, 0.2) is 42.6 Å². The molecule has 1 aliphatic rings. The number of hydrogen-bond donors (Lipinski definition) is 1. The number of nitrogens with one attached hydrogen (secondary N) is 1. The highest BCUT2D eigenvalue weighted by molar-refractivity contribution is 7.19. The van der Waals surface area contributed by atoms with Crippen LogP contribution in [0.5, 0.6) is 11.5 Å². The van der Waals surface area contributed by atoms with E-state index in [-0.39, 0.29) is 25.8 Å². The van der Waals surface area contributed by atoms with E-state index < -0.39 is 17.9 Å². The van der Waals surface area contributed by atoms with Crippen molar-refractivity contribution in [3.05, 3.63) is 59.0 Å². The van der Waals surface area contributed by atoms with Crippen molar-refractivity contribution in [1.82, 2.24) is 15.0 Å². The van der Waals surface area contributed by atoms with Gasteiger partial charge in [-0.2, -0.15) is 0 Å². The molecule has 0 saturated heterocycles. The Bertz CT molecular complexity index is 1470. The van der Waals surface area contributed by atoms with Crippen LogP contribution in [0.3, 0.4) is 0 Å². The molecule has 0 bridgehead atoms. The molecule has 1 aliphatic heterocycles. The molecule has 0 fully saturated rings. The van der Waals surface area contributed by atoms with Gasteiger partial charge in [0.1, 0.15) is 10.6 Å². The molecule has 11 heteroatoms. The summed E-state index contributed by atoms with van der Waals surface area (Å²) in [7, 11) is 0. The average Bonchev–Trinajstić information content (AvgIpc) is 3.51. The number of pyridine rings is 1. The van der Waals surface area contributed by atoms with Gasteiger partial charge >= 0.3 is 11.9 Å². The molecule has 0 atom stereocenters. The van der Waals surface area contributed by atoms with E-state index in [2.05, 4.69) is 15.3 Å². The van der Waals surface area contributed by atoms with E-state index in [1.807, 2.05) is 43.3 Å². The number of esters is 2. The zero-order valence-corrected chi connectivity index (χ0v) is 22.0. The van der Waals surface area contributed by atoms with Crippen LogP contribution in [0, 0.1) is 6.92 Å². The molecule has 196 valence electrons. The zero-order chi connectivity index (χ0) is 26.6. The number of carbonyl (C=O) groups excluding carboxylic acids is 2. The number of thiophene rings is 1. The lowest BCUT2D eigenvalue weighted by molar-refractivity contribution is -0.157. The number of ether oxygens (including phenoxy) is 4. The van der Waals surface area contributed by atoms with E-state index in [1.165, 1.54) is 11.3 Å². The lowest BCUT2D eigenvalue weighted by Gasteiger charge is -2.16. The molecule has 10 nitrogen and oxygen atoms in total. The summed E-state index contributed by atoms with van der Waals surface area (Å²) in [4.78, 5) is 41.0. The first-order valence-corrected chi connectivity index (χ1v) is 13.0. The number of aromatic nitrogens is 3. The Morgan fingerprint density at radius 1 is 1.05 bits per heavy atom. The second kappa shape index (κ2) is 11.0. The Morgan fingerprint density at radius 3 is 2.53 bits per heavy atom. The molecule has 0 unspecified atom stereocenters. The van der Waals surface area contributed by atoms with Gasteiger partial charge in [0.15, 0.2) is 17.3 Å². The number of hydrogen-bond acceptors (Lipinski definition) is 11. The molecule has 0 amide bonds. The minimum Gasteiger partial charge on any atom is -0.465 e. The highest BCUT2D eigenvalue weighted by atomic mass is 32.1. The average molecular weight is 535 g/mol. The van der Waals surface area contributed by atoms with Crippen molar-refractivity contribution in [3.63, 3.8) is 0 Å². The third kappa shape index (κ3) is 4.97. The fraction of sp³-hybridized carbons (Fsp3) is 0.296. The molecular formula is C27H26N4O6S. The SMILES string of the molecule is CCOC(=O)C(C(=O)OCC)c1nc(NCc2ccccn2)c2c(-c3ccc4c(c3)OCO4)c(C)sc2n1. The molecule has 38 heavy (non-hydrogen) atoms. The van der Waals surface area contributed by atoms with Gasteiger partial charge in [0.2, 0.25) is 12.7 Å². The summed E-state index contributed by atoms with van der Waals surface area (Å²) in [6.07, 6.45) is 1.71. The van der Waals surface area contributed by atoms with E-state index >= 15 is 0 Å². The Kier molecular flexibility index (Phi) is 7.36. The normalized spacial score (nSPS) is 12.1. The summed E-state index contributed by atoms with van der Waals surface area (Å²) in [6, 6.07) is 11.4. The Morgan fingerprint density at radius 2 is 1.82 bits per heavy atom. The smallest absolute Gasteiger partial charge is 0.328 e. The highest BCUT2D eigenvalue weighted by Crippen LogP contribution is 2.44. The summed E-state index contributed by atoms with van der Waals surface area (Å²) in [6.45, 7) is 6.08. The lowest BCUT2D eigenvalue weighted by Crippen LogP contribution is -2.28. The number of fused-ring (bicyclic) bond motifs is 2. The maximum atomic E-state index is 12.8. The van der Waals surface area contributed by atoms with Gasteiger partial charge in [0, 0.05) is 16.6 Å². The van der Waals surface area contributed by atoms with Crippen molar-refractivity contribution in [3.8, 4) is 22.6 Å². The van der Waals surface area contributed by atoms with Gasteiger partial charge in [-0.1, -0.05) is 12.1 Å². The fourth-order valence-corrected chi connectivity index (χ4v) is 5.27. The molecule has 4 aromatic rings. The van der Waals surface area contributed by atoms with Crippen LogP contribution in [-0.2, 0) is 25.6 Å². The van der Waals surface area contributed by atoms with E-state index in [0.29, 0.717) is 28.7 Å². The molecule has 0 aliphatic carbocycles. The van der Waals surface area contributed by atoms with Crippen molar-refractivity contribution < 1.29 is 28.5 Å². The van der Waals surface area contributed by atoms with Gasteiger partial charge in [-0.3, -0.25) is 14.6 Å². The van der Waals surface area contributed by atoms with Crippen molar-refractivity contribution in [2.75, 3.05) is 25.3 Å². The second-order valence-corrected chi connectivity index (χ2v) is 9.53. The minimum absolute atomic E-state index is 0.0106. The van der Waals surface area contributed by atoms with Gasteiger partial charge in [-0.05, 0) is 50.6 Å². The summed E-state index contributed by atoms with van der Waals surface area (Å²) in [5.41, 5.74) is 2.62. The number of benzene rings is 1. The number of anilines is 1. The van der Waals surface area contributed by atoms with Crippen molar-refractivity contribution >= 4 is 39.3 Å².